The van der Waals surface area contributed by atoms with Crippen LogP contribution in [0.5, 0.6) is 0 Å². The normalized spacial score (nSPS) is 11.3. The van der Waals surface area contributed by atoms with Gasteiger partial charge in [0.25, 0.3) is 0 Å². The summed E-state index contributed by atoms with van der Waals surface area (Å²) in [6.07, 6.45) is -2.53. The van der Waals surface area contributed by atoms with Crippen molar-refractivity contribution >= 4 is 24.3 Å². The van der Waals surface area contributed by atoms with Crippen LogP contribution in [-0.2, 0) is 6.18 Å². The molecule has 2 rings (SSSR count). The predicted octanol–water partition coefficient (Wildman–Crippen LogP) is 3.35. The molecule has 0 nitrogen and oxygen atoms in total. The molecule has 0 fully saturated rings. The van der Waals surface area contributed by atoms with Gasteiger partial charge in [0.05, 0.1) is 5.56 Å². The van der Waals surface area contributed by atoms with Gasteiger partial charge in [-0.3, -0.25) is 0 Å². The Hall–Kier alpha value is -1.97. The molecule has 0 N–H and O–H groups in total. The molecule has 0 atom stereocenters. The van der Waals surface area contributed by atoms with Crippen LogP contribution in [0, 0.1) is 13.8 Å². The lowest BCUT2D eigenvalue weighted by Crippen LogP contribution is -2.31. The largest absolute Gasteiger partial charge is 0.416 e. The van der Waals surface area contributed by atoms with Gasteiger partial charge >= 0.3 is 6.18 Å². The predicted molar refractivity (Wildman–Crippen MR) is 83.9 cm³/mol. The monoisotopic (exact) mass is 288 g/mol. The SMILES string of the molecule is C=Cc1ccc(Bc2c(C)cc(C(F)(F)F)cc2C)cc1. The van der Waals surface area contributed by atoms with Crippen molar-refractivity contribution in [1.82, 2.24) is 0 Å². The third-order valence-corrected chi connectivity index (χ3v) is 3.62. The van der Waals surface area contributed by atoms with E-state index in [9.17, 15) is 13.2 Å². The Bertz CT molecular complexity index is 632. The molecule has 108 valence electrons. The summed E-state index contributed by atoms with van der Waals surface area (Å²) in [5, 5.41) is 0. The fourth-order valence-electron chi connectivity index (χ4n) is 2.41. The van der Waals surface area contributed by atoms with Crippen LogP contribution in [0.15, 0.2) is 43.0 Å². The average molecular weight is 288 g/mol. The van der Waals surface area contributed by atoms with Crippen LogP contribution in [0.3, 0.4) is 0 Å². The Kier molecular flexibility index (Phi) is 4.26. The third-order valence-electron chi connectivity index (χ3n) is 3.62. The van der Waals surface area contributed by atoms with Gasteiger partial charge in [-0.1, -0.05) is 59.0 Å². The lowest BCUT2D eigenvalue weighted by Gasteiger charge is -2.14. The highest BCUT2D eigenvalue weighted by Crippen LogP contribution is 2.29. The fraction of sp³-hybridized carbons (Fsp3) is 0.176. The van der Waals surface area contributed by atoms with E-state index in [1.165, 1.54) is 12.1 Å². The van der Waals surface area contributed by atoms with E-state index >= 15 is 0 Å². The zero-order valence-electron chi connectivity index (χ0n) is 12.1. The maximum atomic E-state index is 12.8. The first-order chi connectivity index (χ1) is 9.81. The molecule has 2 aromatic rings. The number of alkyl halides is 3. The third kappa shape index (κ3) is 3.57. The lowest BCUT2D eigenvalue weighted by molar-refractivity contribution is -0.137. The number of aryl methyl sites for hydroxylation is 2. The highest BCUT2D eigenvalue weighted by atomic mass is 19.4. The Morgan fingerprint density at radius 2 is 1.52 bits per heavy atom. The number of hydrogen-bond donors (Lipinski definition) is 0. The molecule has 0 saturated heterocycles. The van der Waals surface area contributed by atoms with Gasteiger partial charge in [0.2, 0.25) is 0 Å². The van der Waals surface area contributed by atoms with E-state index in [0.29, 0.717) is 18.4 Å². The van der Waals surface area contributed by atoms with E-state index in [1.807, 2.05) is 24.3 Å². The van der Waals surface area contributed by atoms with Gasteiger partial charge in [-0.05, 0) is 31.5 Å². The van der Waals surface area contributed by atoms with E-state index in [2.05, 4.69) is 6.58 Å². The highest BCUT2D eigenvalue weighted by Gasteiger charge is 2.31. The van der Waals surface area contributed by atoms with Crippen molar-refractivity contribution in [3.05, 3.63) is 65.2 Å². The molecular weight excluding hydrogens is 272 g/mol. The molecule has 0 unspecified atom stereocenters. The summed E-state index contributed by atoms with van der Waals surface area (Å²) in [4.78, 5) is 0. The summed E-state index contributed by atoms with van der Waals surface area (Å²) < 4.78 is 38.3. The molecule has 0 aliphatic rings. The van der Waals surface area contributed by atoms with Crippen LogP contribution in [0.25, 0.3) is 6.08 Å². The average Bonchev–Trinajstić information content (AvgIpc) is 2.42. The molecule has 2 aromatic carbocycles. The summed E-state index contributed by atoms with van der Waals surface area (Å²) in [6, 6.07) is 10.3. The van der Waals surface area contributed by atoms with Gasteiger partial charge < -0.3 is 0 Å². The standard InChI is InChI=1S/C17H16BF3/c1-4-13-5-7-15(8-6-13)18-16-11(2)9-14(10-12(16)3)17(19,20)21/h4-10,18H,1H2,2-3H3. The molecule has 0 radical (unpaired) electrons. The maximum absolute atomic E-state index is 12.8. The number of rotatable bonds is 3. The number of halogens is 3. The first-order valence-electron chi connectivity index (χ1n) is 6.70. The number of hydrogen-bond acceptors (Lipinski definition) is 0. The van der Waals surface area contributed by atoms with Crippen molar-refractivity contribution < 1.29 is 13.2 Å². The van der Waals surface area contributed by atoms with Gasteiger partial charge in [-0.2, -0.15) is 13.2 Å². The molecule has 0 bridgehead atoms. The topological polar surface area (TPSA) is 0 Å². The van der Waals surface area contributed by atoms with Gasteiger partial charge in [-0.25, -0.2) is 0 Å². The Balaban J connectivity index is 2.33. The van der Waals surface area contributed by atoms with Gasteiger partial charge in [0.1, 0.15) is 0 Å². The summed E-state index contributed by atoms with van der Waals surface area (Å²) in [7, 11) is 0.632. The van der Waals surface area contributed by atoms with E-state index in [1.54, 1.807) is 19.9 Å². The van der Waals surface area contributed by atoms with Crippen molar-refractivity contribution in [2.75, 3.05) is 0 Å². The van der Waals surface area contributed by atoms with Crippen LogP contribution in [0.1, 0.15) is 22.3 Å². The second-order valence-corrected chi connectivity index (χ2v) is 5.21. The minimum absolute atomic E-state index is 0.580. The molecular formula is C17H16BF3. The maximum Gasteiger partial charge on any atom is 0.416 e. The molecule has 0 aromatic heterocycles. The quantitative estimate of drug-likeness (QED) is 0.760. The van der Waals surface area contributed by atoms with Crippen LogP contribution in [0.2, 0.25) is 0 Å². The zero-order chi connectivity index (χ0) is 15.6. The van der Waals surface area contributed by atoms with Crippen molar-refractivity contribution in [2.24, 2.45) is 0 Å². The first kappa shape index (κ1) is 15.4. The van der Waals surface area contributed by atoms with Crippen LogP contribution in [-0.4, -0.2) is 7.28 Å². The molecule has 0 aliphatic carbocycles. The Labute approximate surface area is 123 Å². The van der Waals surface area contributed by atoms with Crippen LogP contribution in [0.4, 0.5) is 13.2 Å². The minimum atomic E-state index is -4.29. The van der Waals surface area contributed by atoms with Crippen LogP contribution < -0.4 is 10.9 Å². The van der Waals surface area contributed by atoms with Gasteiger partial charge in [0.15, 0.2) is 7.28 Å². The molecule has 0 aliphatic heterocycles. The summed E-state index contributed by atoms with van der Waals surface area (Å²) in [5.41, 5.74) is 3.83. The van der Waals surface area contributed by atoms with Crippen LogP contribution >= 0.6 is 0 Å². The minimum Gasteiger partial charge on any atom is -0.166 e. The fourth-order valence-corrected chi connectivity index (χ4v) is 2.41. The Morgan fingerprint density at radius 3 is 1.95 bits per heavy atom. The molecule has 4 heteroatoms. The van der Waals surface area contributed by atoms with Crippen molar-refractivity contribution in [1.29, 1.82) is 0 Å². The van der Waals surface area contributed by atoms with Gasteiger partial charge in [0, 0.05) is 0 Å². The lowest BCUT2D eigenvalue weighted by atomic mass is 9.61. The first-order valence-corrected chi connectivity index (χ1v) is 6.70. The van der Waals surface area contributed by atoms with Crippen molar-refractivity contribution in [3.63, 3.8) is 0 Å². The van der Waals surface area contributed by atoms with E-state index < -0.39 is 11.7 Å². The van der Waals surface area contributed by atoms with E-state index in [-0.39, 0.29) is 0 Å². The highest BCUT2D eigenvalue weighted by molar-refractivity contribution is 6.68. The van der Waals surface area contributed by atoms with E-state index in [0.717, 1.165) is 16.5 Å². The summed E-state index contributed by atoms with van der Waals surface area (Å²) in [6.45, 7) is 7.16. The molecule has 21 heavy (non-hydrogen) atoms. The molecule has 0 heterocycles. The summed E-state index contributed by atoms with van der Waals surface area (Å²) in [5.74, 6) is 0. The smallest absolute Gasteiger partial charge is 0.166 e. The molecule has 0 amide bonds. The summed E-state index contributed by atoms with van der Waals surface area (Å²) >= 11 is 0. The van der Waals surface area contributed by atoms with Crippen molar-refractivity contribution in [2.45, 2.75) is 20.0 Å². The Morgan fingerprint density at radius 1 is 1.00 bits per heavy atom. The second-order valence-electron chi connectivity index (χ2n) is 5.21. The zero-order valence-corrected chi connectivity index (χ0v) is 12.1. The second kappa shape index (κ2) is 5.80. The molecule has 0 saturated carbocycles. The van der Waals surface area contributed by atoms with E-state index in [4.69, 9.17) is 0 Å². The molecule has 0 spiro atoms. The number of benzene rings is 2. The van der Waals surface area contributed by atoms with Crippen molar-refractivity contribution in [3.8, 4) is 0 Å². The van der Waals surface area contributed by atoms with Gasteiger partial charge in [-0.15, -0.1) is 0 Å².